The van der Waals surface area contributed by atoms with Gasteiger partial charge in [-0.15, -0.1) is 22.7 Å². The lowest BCUT2D eigenvalue weighted by molar-refractivity contribution is 0.0972. The Bertz CT molecular complexity index is 667. The normalized spacial score (nSPS) is 17.9. The zero-order chi connectivity index (χ0) is 14.4. The van der Waals surface area contributed by atoms with E-state index in [-0.39, 0.29) is 11.7 Å². The highest BCUT2D eigenvalue weighted by atomic mass is 32.1. The van der Waals surface area contributed by atoms with Crippen molar-refractivity contribution in [3.8, 4) is 0 Å². The second kappa shape index (κ2) is 5.14. The molecular weight excluding hydrogens is 300 g/mol. The number of carbonyl (C=O) groups is 1. The molecule has 0 aliphatic heterocycles. The first-order chi connectivity index (χ1) is 10.2. The van der Waals surface area contributed by atoms with Crippen LogP contribution in [0.2, 0.25) is 0 Å². The maximum Gasteiger partial charge on any atom is 0.178 e. The smallest absolute Gasteiger partial charge is 0.178 e. The Morgan fingerprint density at radius 1 is 1.33 bits per heavy atom. The molecule has 0 unspecified atom stereocenters. The number of rotatable bonds is 6. The monoisotopic (exact) mass is 318 g/mol. The van der Waals surface area contributed by atoms with E-state index in [9.17, 15) is 4.79 Å². The van der Waals surface area contributed by atoms with Gasteiger partial charge in [0.25, 0.3) is 0 Å². The van der Waals surface area contributed by atoms with Crippen molar-refractivity contribution < 1.29 is 4.79 Å². The third-order valence-electron chi connectivity index (χ3n) is 4.14. The third kappa shape index (κ3) is 2.60. The van der Waals surface area contributed by atoms with E-state index in [0.29, 0.717) is 5.92 Å². The summed E-state index contributed by atoms with van der Waals surface area (Å²) in [5.74, 6) is 1.07. The summed E-state index contributed by atoms with van der Waals surface area (Å²) in [6, 6.07) is 4.19. The van der Waals surface area contributed by atoms with Crippen LogP contribution in [0.3, 0.4) is 0 Å². The Morgan fingerprint density at radius 3 is 2.76 bits per heavy atom. The number of hydrogen-bond acceptors (Lipinski definition) is 5. The van der Waals surface area contributed by atoms with E-state index in [2.05, 4.69) is 22.8 Å². The number of anilines is 2. The molecule has 2 aliphatic rings. The number of ketones is 1. The van der Waals surface area contributed by atoms with Crippen LogP contribution in [0.15, 0.2) is 17.5 Å². The highest BCUT2D eigenvalue weighted by Gasteiger charge is 2.37. The molecular formula is C16H18N2OS2. The predicted molar refractivity (Wildman–Crippen MR) is 89.4 cm³/mol. The van der Waals surface area contributed by atoms with Crippen LogP contribution in [-0.4, -0.2) is 5.78 Å². The summed E-state index contributed by atoms with van der Waals surface area (Å²) >= 11 is 3.32. The first kappa shape index (κ1) is 13.3. The maximum absolute atomic E-state index is 12.4. The minimum atomic E-state index is 0.239. The van der Waals surface area contributed by atoms with E-state index in [1.54, 1.807) is 22.7 Å². The molecule has 3 nitrogen and oxygen atoms in total. The lowest BCUT2D eigenvalue weighted by atomic mass is 10.1. The van der Waals surface area contributed by atoms with E-state index in [4.69, 9.17) is 5.73 Å². The fourth-order valence-electron chi connectivity index (χ4n) is 2.66. The highest BCUT2D eigenvalue weighted by molar-refractivity contribution is 7.19. The number of thiophene rings is 2. The summed E-state index contributed by atoms with van der Waals surface area (Å²) in [6.45, 7) is 0.814. The Morgan fingerprint density at radius 2 is 2.14 bits per heavy atom. The Balaban J connectivity index is 1.61. The average Bonchev–Trinajstić information content (AvgIpc) is 3.40. The second-order valence-corrected chi connectivity index (χ2v) is 7.99. The number of hydrogen-bond donors (Lipinski definition) is 2. The lowest BCUT2D eigenvalue weighted by Crippen LogP contribution is -2.03. The minimum absolute atomic E-state index is 0.239. The van der Waals surface area contributed by atoms with Gasteiger partial charge in [-0.2, -0.15) is 0 Å². The summed E-state index contributed by atoms with van der Waals surface area (Å²) in [6.07, 6.45) is 4.47. The fraction of sp³-hybridized carbons (Fsp3) is 0.438. The van der Waals surface area contributed by atoms with Crippen LogP contribution in [0.5, 0.6) is 0 Å². The molecule has 0 bridgehead atoms. The molecule has 5 heteroatoms. The Labute approximate surface area is 132 Å². The van der Waals surface area contributed by atoms with Gasteiger partial charge in [-0.25, -0.2) is 0 Å². The fourth-order valence-corrected chi connectivity index (χ4v) is 4.53. The van der Waals surface area contributed by atoms with E-state index in [0.717, 1.165) is 35.0 Å². The predicted octanol–water partition coefficient (Wildman–Crippen LogP) is 4.47. The number of nitrogen functional groups attached to an aromatic ring is 1. The topological polar surface area (TPSA) is 55.1 Å². The molecule has 3 N–H and O–H groups in total. The van der Waals surface area contributed by atoms with E-state index in [1.807, 2.05) is 0 Å². The number of nitrogens with two attached hydrogens (primary N) is 1. The molecule has 0 spiro atoms. The molecule has 4 rings (SSSR count). The van der Waals surface area contributed by atoms with E-state index >= 15 is 0 Å². The molecule has 21 heavy (non-hydrogen) atoms. The van der Waals surface area contributed by atoms with Crippen LogP contribution >= 0.6 is 22.7 Å². The second-order valence-electron chi connectivity index (χ2n) is 5.93. The van der Waals surface area contributed by atoms with Crippen molar-refractivity contribution in [3.05, 3.63) is 32.8 Å². The number of Topliss-reactive ketones (excluding diaryl/α,β-unsaturated/α-hetero) is 1. The zero-order valence-corrected chi connectivity index (χ0v) is 13.4. The summed E-state index contributed by atoms with van der Waals surface area (Å²) in [5, 5.41) is 6.71. The molecule has 2 aromatic heterocycles. The van der Waals surface area contributed by atoms with Gasteiger partial charge in [-0.1, -0.05) is 6.07 Å². The summed E-state index contributed by atoms with van der Waals surface area (Å²) in [5.41, 5.74) is 8.28. The van der Waals surface area contributed by atoms with Crippen molar-refractivity contribution in [1.29, 1.82) is 0 Å². The van der Waals surface area contributed by atoms with Crippen molar-refractivity contribution in [2.24, 2.45) is 5.92 Å². The average molecular weight is 318 g/mol. The lowest BCUT2D eigenvalue weighted by Gasteiger charge is -2.06. The molecule has 2 heterocycles. The van der Waals surface area contributed by atoms with Gasteiger partial charge in [-0.3, -0.25) is 4.79 Å². The van der Waals surface area contributed by atoms with Gasteiger partial charge < -0.3 is 11.1 Å². The van der Waals surface area contributed by atoms with Crippen molar-refractivity contribution >= 4 is 39.1 Å². The van der Waals surface area contributed by atoms with Crippen molar-refractivity contribution in [2.45, 2.75) is 38.1 Å². The van der Waals surface area contributed by atoms with Gasteiger partial charge in [0.15, 0.2) is 5.78 Å². The standard InChI is InChI=1S/C16H18N2OS2/c17-13-12(9-3-4-9)16(18-8-11-2-1-7-20-11)21-15(13)14(19)10-5-6-10/h1-2,7,9-10,18H,3-6,8,17H2. The SMILES string of the molecule is Nc1c(C(=O)C2CC2)sc(NCc2cccs2)c1C1CC1. The van der Waals surface area contributed by atoms with Crippen LogP contribution in [0.4, 0.5) is 10.7 Å². The minimum Gasteiger partial charge on any atom is -0.397 e. The van der Waals surface area contributed by atoms with Gasteiger partial charge in [-0.05, 0) is 43.0 Å². The molecule has 110 valence electrons. The van der Waals surface area contributed by atoms with Crippen LogP contribution in [-0.2, 0) is 6.54 Å². The highest BCUT2D eigenvalue weighted by Crippen LogP contribution is 2.52. The van der Waals surface area contributed by atoms with E-state index < -0.39 is 0 Å². The van der Waals surface area contributed by atoms with Crippen molar-refractivity contribution in [1.82, 2.24) is 0 Å². The van der Waals surface area contributed by atoms with Crippen LogP contribution < -0.4 is 11.1 Å². The molecule has 2 aromatic rings. The summed E-state index contributed by atoms with van der Waals surface area (Å²) in [4.78, 5) is 14.5. The zero-order valence-electron chi connectivity index (χ0n) is 11.7. The van der Waals surface area contributed by atoms with Gasteiger partial charge in [0.05, 0.1) is 22.1 Å². The first-order valence-electron chi connectivity index (χ1n) is 7.46. The van der Waals surface area contributed by atoms with Crippen LogP contribution in [0.25, 0.3) is 0 Å². The molecule has 0 amide bonds. The van der Waals surface area contributed by atoms with Gasteiger partial charge >= 0.3 is 0 Å². The third-order valence-corrected chi connectivity index (χ3v) is 6.21. The van der Waals surface area contributed by atoms with Crippen molar-refractivity contribution in [2.75, 3.05) is 11.1 Å². The van der Waals surface area contributed by atoms with Crippen LogP contribution in [0, 0.1) is 5.92 Å². The summed E-state index contributed by atoms with van der Waals surface area (Å²) < 4.78 is 0. The Hall–Kier alpha value is -1.33. The molecule has 0 aromatic carbocycles. The van der Waals surface area contributed by atoms with Crippen molar-refractivity contribution in [3.63, 3.8) is 0 Å². The number of nitrogens with one attached hydrogen (secondary N) is 1. The van der Waals surface area contributed by atoms with E-state index in [1.165, 1.54) is 23.3 Å². The Kier molecular flexibility index (Phi) is 3.27. The van der Waals surface area contributed by atoms with Crippen LogP contribution in [0.1, 0.15) is 51.7 Å². The number of carbonyl (C=O) groups excluding carboxylic acids is 1. The molecule has 0 atom stereocenters. The summed E-state index contributed by atoms with van der Waals surface area (Å²) in [7, 11) is 0. The first-order valence-corrected chi connectivity index (χ1v) is 9.16. The van der Waals surface area contributed by atoms with Gasteiger partial charge in [0, 0.05) is 16.4 Å². The molecule has 2 fully saturated rings. The largest absolute Gasteiger partial charge is 0.397 e. The van der Waals surface area contributed by atoms with Gasteiger partial charge in [0.2, 0.25) is 0 Å². The molecule has 0 saturated heterocycles. The molecule has 0 radical (unpaired) electrons. The molecule has 2 aliphatic carbocycles. The van der Waals surface area contributed by atoms with Gasteiger partial charge in [0.1, 0.15) is 0 Å². The quantitative estimate of drug-likeness (QED) is 0.772. The molecule has 2 saturated carbocycles. The maximum atomic E-state index is 12.4.